The molecule has 1 heterocycles. The number of halogens is 1. The lowest BCUT2D eigenvalue weighted by atomic mass is 9.86. The van der Waals surface area contributed by atoms with Crippen molar-refractivity contribution >= 4 is 0 Å². The van der Waals surface area contributed by atoms with Gasteiger partial charge in [-0.2, -0.15) is 0 Å². The van der Waals surface area contributed by atoms with E-state index in [1.165, 1.54) is 0 Å². The number of benzene rings is 1. The molecule has 1 fully saturated rings. The molecule has 1 aromatic carbocycles. The summed E-state index contributed by atoms with van der Waals surface area (Å²) in [6.45, 7) is 9.50. The SMILES string of the molecule is Cc1ccc(F)c(C2C(N)CCCN2C(C)(C)C)c1. The maximum absolute atomic E-state index is 14.2. The summed E-state index contributed by atoms with van der Waals surface area (Å²) in [5.74, 6) is -0.137. The summed E-state index contributed by atoms with van der Waals surface area (Å²) >= 11 is 0. The van der Waals surface area contributed by atoms with Gasteiger partial charge in [0, 0.05) is 17.1 Å². The summed E-state index contributed by atoms with van der Waals surface area (Å²) in [4.78, 5) is 2.35. The molecule has 3 heteroatoms. The number of likely N-dealkylation sites (tertiary alicyclic amines) is 1. The van der Waals surface area contributed by atoms with Crippen LogP contribution in [0.1, 0.15) is 50.8 Å². The molecule has 1 aliphatic heterocycles. The van der Waals surface area contributed by atoms with E-state index in [4.69, 9.17) is 5.73 Å². The van der Waals surface area contributed by atoms with Gasteiger partial charge >= 0.3 is 0 Å². The molecule has 2 N–H and O–H groups in total. The van der Waals surface area contributed by atoms with Gasteiger partial charge in [-0.1, -0.05) is 17.7 Å². The standard InChI is InChI=1S/C16H25FN2/c1-11-7-8-13(17)12(10-11)15-14(18)6-5-9-19(15)16(2,3)4/h7-8,10,14-15H,5-6,9,18H2,1-4H3. The van der Waals surface area contributed by atoms with Crippen LogP contribution in [0.2, 0.25) is 0 Å². The van der Waals surface area contributed by atoms with E-state index in [0.29, 0.717) is 0 Å². The number of nitrogens with zero attached hydrogens (tertiary/aromatic N) is 1. The summed E-state index contributed by atoms with van der Waals surface area (Å²) in [6, 6.07) is 5.31. The Morgan fingerprint density at radius 1 is 1.32 bits per heavy atom. The fraction of sp³-hybridized carbons (Fsp3) is 0.625. The molecule has 0 spiro atoms. The van der Waals surface area contributed by atoms with Crippen LogP contribution in [0.15, 0.2) is 18.2 Å². The summed E-state index contributed by atoms with van der Waals surface area (Å²) in [5.41, 5.74) is 8.15. The Labute approximate surface area is 115 Å². The second kappa shape index (κ2) is 5.22. The fourth-order valence-corrected chi connectivity index (χ4v) is 3.07. The van der Waals surface area contributed by atoms with Crippen LogP contribution in [0, 0.1) is 12.7 Å². The summed E-state index contributed by atoms with van der Waals surface area (Å²) in [5, 5.41) is 0. The monoisotopic (exact) mass is 264 g/mol. The van der Waals surface area contributed by atoms with Gasteiger partial charge in [-0.25, -0.2) is 4.39 Å². The fourth-order valence-electron chi connectivity index (χ4n) is 3.07. The van der Waals surface area contributed by atoms with Crippen LogP contribution in [0.5, 0.6) is 0 Å². The molecule has 2 atom stereocenters. The third-order valence-electron chi connectivity index (χ3n) is 4.01. The Kier molecular flexibility index (Phi) is 3.98. The Bertz CT molecular complexity index is 451. The van der Waals surface area contributed by atoms with Crippen LogP contribution in [-0.2, 0) is 0 Å². The highest BCUT2D eigenvalue weighted by Crippen LogP contribution is 2.36. The minimum absolute atomic E-state index is 0.00110. The van der Waals surface area contributed by atoms with E-state index < -0.39 is 0 Å². The second-order valence-corrected chi connectivity index (χ2v) is 6.64. The normalized spacial score (nSPS) is 25.6. The third kappa shape index (κ3) is 2.98. The smallest absolute Gasteiger partial charge is 0.128 e. The number of rotatable bonds is 1. The van der Waals surface area contributed by atoms with Gasteiger partial charge in [0.1, 0.15) is 5.82 Å². The van der Waals surface area contributed by atoms with Gasteiger partial charge in [-0.05, 0) is 53.1 Å². The van der Waals surface area contributed by atoms with Crippen LogP contribution >= 0.6 is 0 Å². The lowest BCUT2D eigenvalue weighted by Crippen LogP contribution is -2.53. The zero-order chi connectivity index (χ0) is 14.2. The highest BCUT2D eigenvalue weighted by Gasteiger charge is 2.37. The number of piperidine rings is 1. The lowest BCUT2D eigenvalue weighted by Gasteiger charge is -2.47. The first-order valence-electron chi connectivity index (χ1n) is 7.09. The van der Waals surface area contributed by atoms with E-state index in [1.54, 1.807) is 6.07 Å². The molecule has 1 saturated heterocycles. The highest BCUT2D eigenvalue weighted by molar-refractivity contribution is 5.29. The van der Waals surface area contributed by atoms with Crippen molar-refractivity contribution in [2.24, 2.45) is 5.73 Å². The Hall–Kier alpha value is -0.930. The van der Waals surface area contributed by atoms with E-state index in [0.717, 1.165) is 30.5 Å². The Balaban J connectivity index is 2.45. The Morgan fingerprint density at radius 3 is 2.63 bits per heavy atom. The van der Waals surface area contributed by atoms with Gasteiger partial charge in [0.15, 0.2) is 0 Å². The van der Waals surface area contributed by atoms with Crippen LogP contribution in [0.25, 0.3) is 0 Å². The first kappa shape index (κ1) is 14.5. The van der Waals surface area contributed by atoms with Crippen molar-refractivity contribution in [2.45, 2.75) is 58.2 Å². The first-order chi connectivity index (χ1) is 8.80. The van der Waals surface area contributed by atoms with Gasteiger partial charge in [-0.3, -0.25) is 4.90 Å². The van der Waals surface area contributed by atoms with Crippen LogP contribution in [0.4, 0.5) is 4.39 Å². The summed E-state index contributed by atoms with van der Waals surface area (Å²) in [6.07, 6.45) is 2.05. The van der Waals surface area contributed by atoms with E-state index >= 15 is 0 Å². The van der Waals surface area contributed by atoms with Crippen LogP contribution in [0.3, 0.4) is 0 Å². The molecule has 0 aliphatic carbocycles. The largest absolute Gasteiger partial charge is 0.326 e. The highest BCUT2D eigenvalue weighted by atomic mass is 19.1. The number of nitrogens with two attached hydrogens (primary N) is 1. The first-order valence-corrected chi connectivity index (χ1v) is 7.09. The molecule has 0 radical (unpaired) electrons. The Morgan fingerprint density at radius 2 is 2.00 bits per heavy atom. The van der Waals surface area contributed by atoms with Crippen molar-refractivity contribution in [3.05, 3.63) is 35.1 Å². The minimum Gasteiger partial charge on any atom is -0.326 e. The van der Waals surface area contributed by atoms with E-state index in [2.05, 4.69) is 25.7 Å². The van der Waals surface area contributed by atoms with Gasteiger partial charge in [0.2, 0.25) is 0 Å². The average Bonchev–Trinajstić information content (AvgIpc) is 2.31. The quantitative estimate of drug-likeness (QED) is 0.842. The average molecular weight is 264 g/mol. The van der Waals surface area contributed by atoms with Crippen molar-refractivity contribution in [3.8, 4) is 0 Å². The van der Waals surface area contributed by atoms with Gasteiger partial charge in [0.25, 0.3) is 0 Å². The van der Waals surface area contributed by atoms with E-state index in [-0.39, 0.29) is 23.4 Å². The molecule has 2 unspecified atom stereocenters. The number of hydrogen-bond donors (Lipinski definition) is 1. The minimum atomic E-state index is -0.137. The molecule has 0 saturated carbocycles. The van der Waals surface area contributed by atoms with Crippen molar-refractivity contribution in [1.29, 1.82) is 0 Å². The molecule has 0 aromatic heterocycles. The predicted octanol–water partition coefficient (Wildman–Crippen LogP) is 3.40. The van der Waals surface area contributed by atoms with Crippen LogP contribution < -0.4 is 5.73 Å². The van der Waals surface area contributed by atoms with Gasteiger partial charge in [-0.15, -0.1) is 0 Å². The summed E-state index contributed by atoms with van der Waals surface area (Å²) in [7, 11) is 0. The zero-order valence-corrected chi connectivity index (χ0v) is 12.4. The van der Waals surface area contributed by atoms with E-state index in [1.807, 2.05) is 19.1 Å². The van der Waals surface area contributed by atoms with Crippen molar-refractivity contribution in [3.63, 3.8) is 0 Å². The molecule has 0 bridgehead atoms. The maximum Gasteiger partial charge on any atom is 0.128 e. The summed E-state index contributed by atoms with van der Waals surface area (Å²) < 4.78 is 14.2. The van der Waals surface area contributed by atoms with Crippen molar-refractivity contribution in [1.82, 2.24) is 4.90 Å². The number of aryl methyl sites for hydroxylation is 1. The molecule has 2 rings (SSSR count). The molecular formula is C16H25FN2. The maximum atomic E-state index is 14.2. The molecule has 1 aliphatic rings. The van der Waals surface area contributed by atoms with Gasteiger partial charge in [0.05, 0.1) is 6.04 Å². The molecule has 1 aromatic rings. The molecule has 2 nitrogen and oxygen atoms in total. The molecule has 106 valence electrons. The second-order valence-electron chi connectivity index (χ2n) is 6.64. The van der Waals surface area contributed by atoms with E-state index in [9.17, 15) is 4.39 Å². The lowest BCUT2D eigenvalue weighted by molar-refractivity contribution is 0.0366. The van der Waals surface area contributed by atoms with Crippen LogP contribution in [-0.4, -0.2) is 23.0 Å². The topological polar surface area (TPSA) is 29.3 Å². The molecule has 19 heavy (non-hydrogen) atoms. The molecule has 0 amide bonds. The van der Waals surface area contributed by atoms with Crippen molar-refractivity contribution in [2.75, 3.05) is 6.54 Å². The zero-order valence-electron chi connectivity index (χ0n) is 12.4. The van der Waals surface area contributed by atoms with Crippen molar-refractivity contribution < 1.29 is 4.39 Å². The third-order valence-corrected chi connectivity index (χ3v) is 4.01. The van der Waals surface area contributed by atoms with Gasteiger partial charge < -0.3 is 5.73 Å². The molecular weight excluding hydrogens is 239 g/mol. The predicted molar refractivity (Wildman–Crippen MR) is 77.5 cm³/mol. The number of hydrogen-bond acceptors (Lipinski definition) is 2.